The Hall–Kier alpha value is -1.27. The highest BCUT2D eigenvalue weighted by Gasteiger charge is 2.13. The third-order valence-electron chi connectivity index (χ3n) is 2.16. The van der Waals surface area contributed by atoms with Crippen LogP contribution < -0.4 is 0 Å². The molecule has 0 amide bonds. The van der Waals surface area contributed by atoms with Crippen LogP contribution in [0.15, 0.2) is 0 Å². The highest BCUT2D eigenvalue weighted by atomic mass is 35.5. The number of halogens is 1. The van der Waals surface area contributed by atoms with E-state index in [0.29, 0.717) is 18.5 Å². The summed E-state index contributed by atoms with van der Waals surface area (Å²) < 4.78 is 1.70. The predicted molar refractivity (Wildman–Crippen MR) is 60.1 cm³/mol. The number of rotatable bonds is 5. The number of terminal acetylenes is 1. The van der Waals surface area contributed by atoms with E-state index in [1.807, 2.05) is 0 Å². The maximum absolute atomic E-state index is 10.8. The van der Waals surface area contributed by atoms with Crippen LogP contribution in [-0.2, 0) is 13.0 Å². The van der Waals surface area contributed by atoms with Gasteiger partial charge in [-0.3, -0.25) is 4.79 Å². The van der Waals surface area contributed by atoms with Crippen LogP contribution in [0.4, 0.5) is 0 Å². The van der Waals surface area contributed by atoms with Gasteiger partial charge in [0.15, 0.2) is 11.4 Å². The van der Waals surface area contributed by atoms with Gasteiger partial charge >= 0.3 is 0 Å². The molecule has 0 fully saturated rings. The fraction of sp³-hybridized carbons (Fsp3) is 0.455. The molecule has 0 N–H and O–H groups in total. The quantitative estimate of drug-likeness (QED) is 0.568. The average Bonchev–Trinajstić information content (AvgIpc) is 2.52. The molecule has 0 aromatic carbocycles. The van der Waals surface area contributed by atoms with Gasteiger partial charge in [-0.05, 0) is 6.42 Å². The van der Waals surface area contributed by atoms with Crippen molar-refractivity contribution in [2.45, 2.75) is 32.7 Å². The van der Waals surface area contributed by atoms with E-state index < -0.39 is 0 Å². The van der Waals surface area contributed by atoms with E-state index in [0.717, 1.165) is 25.1 Å². The molecule has 1 heterocycles. The average molecular weight is 225 g/mol. The molecule has 0 unspecified atom stereocenters. The van der Waals surface area contributed by atoms with Crippen LogP contribution in [0.3, 0.4) is 0 Å². The number of imidazole rings is 1. The van der Waals surface area contributed by atoms with Gasteiger partial charge < -0.3 is 4.57 Å². The van der Waals surface area contributed by atoms with Gasteiger partial charge in [0.25, 0.3) is 0 Å². The maximum atomic E-state index is 10.8. The van der Waals surface area contributed by atoms with Crippen molar-refractivity contribution in [3.05, 3.63) is 16.7 Å². The molecule has 0 saturated heterocycles. The second kappa shape index (κ2) is 5.57. The Labute approximate surface area is 94.5 Å². The van der Waals surface area contributed by atoms with Gasteiger partial charge in [-0.1, -0.05) is 30.9 Å². The Morgan fingerprint density at radius 3 is 2.93 bits per heavy atom. The van der Waals surface area contributed by atoms with E-state index in [1.54, 1.807) is 4.57 Å². The van der Waals surface area contributed by atoms with Crippen LogP contribution in [-0.4, -0.2) is 15.8 Å². The van der Waals surface area contributed by atoms with Gasteiger partial charge in [-0.25, -0.2) is 4.98 Å². The summed E-state index contributed by atoms with van der Waals surface area (Å²) in [6.45, 7) is 2.43. The Kier molecular flexibility index (Phi) is 4.38. The van der Waals surface area contributed by atoms with Crippen molar-refractivity contribution < 1.29 is 4.79 Å². The van der Waals surface area contributed by atoms with Crippen LogP contribution in [0, 0.1) is 12.3 Å². The standard InChI is InChI=1S/C11H13ClN2O/c1-3-5-6-10-13-11(12)9(8-15)14(10)7-4-2/h2,8H,3,5-7H2,1H3. The minimum absolute atomic E-state index is 0.242. The minimum atomic E-state index is 0.242. The molecule has 1 aromatic heterocycles. The van der Waals surface area contributed by atoms with Crippen LogP contribution in [0.25, 0.3) is 0 Å². The Bertz CT molecular complexity index is 390. The van der Waals surface area contributed by atoms with Crippen molar-refractivity contribution in [1.29, 1.82) is 0 Å². The van der Waals surface area contributed by atoms with Crippen LogP contribution in [0.5, 0.6) is 0 Å². The summed E-state index contributed by atoms with van der Waals surface area (Å²) in [7, 11) is 0. The van der Waals surface area contributed by atoms with Crippen molar-refractivity contribution in [2.24, 2.45) is 0 Å². The van der Waals surface area contributed by atoms with E-state index in [4.69, 9.17) is 18.0 Å². The largest absolute Gasteiger partial charge is 0.313 e. The number of hydrogen-bond donors (Lipinski definition) is 0. The molecule has 0 bridgehead atoms. The van der Waals surface area contributed by atoms with E-state index >= 15 is 0 Å². The summed E-state index contributed by atoms with van der Waals surface area (Å²) in [5, 5.41) is 0.242. The van der Waals surface area contributed by atoms with Crippen molar-refractivity contribution in [3.8, 4) is 12.3 Å². The predicted octanol–water partition coefficient (Wildman–Crippen LogP) is 2.32. The number of aromatic nitrogens is 2. The summed E-state index contributed by atoms with van der Waals surface area (Å²) in [5.41, 5.74) is 0.376. The van der Waals surface area contributed by atoms with Crippen LogP contribution >= 0.6 is 11.6 Å². The first-order valence-corrected chi connectivity index (χ1v) is 5.25. The number of aldehydes is 1. The van der Waals surface area contributed by atoms with Crippen molar-refractivity contribution in [1.82, 2.24) is 9.55 Å². The third kappa shape index (κ3) is 2.60. The van der Waals surface area contributed by atoms with Crippen molar-refractivity contribution in [3.63, 3.8) is 0 Å². The molecule has 80 valence electrons. The van der Waals surface area contributed by atoms with Gasteiger partial charge in [-0.2, -0.15) is 0 Å². The van der Waals surface area contributed by atoms with Crippen molar-refractivity contribution >= 4 is 17.9 Å². The van der Waals surface area contributed by atoms with Gasteiger partial charge in [0.2, 0.25) is 0 Å². The lowest BCUT2D eigenvalue weighted by molar-refractivity contribution is 0.111. The number of hydrogen-bond acceptors (Lipinski definition) is 2. The smallest absolute Gasteiger partial charge is 0.169 e. The zero-order valence-electron chi connectivity index (χ0n) is 8.66. The van der Waals surface area contributed by atoms with Gasteiger partial charge in [-0.15, -0.1) is 6.42 Å². The zero-order chi connectivity index (χ0) is 11.3. The third-order valence-corrected chi connectivity index (χ3v) is 2.43. The Balaban J connectivity index is 3.04. The summed E-state index contributed by atoms with van der Waals surface area (Å²) in [6, 6.07) is 0. The van der Waals surface area contributed by atoms with Crippen molar-refractivity contribution in [2.75, 3.05) is 0 Å². The Morgan fingerprint density at radius 2 is 2.40 bits per heavy atom. The molecular weight excluding hydrogens is 212 g/mol. The fourth-order valence-corrected chi connectivity index (χ4v) is 1.63. The maximum Gasteiger partial charge on any atom is 0.169 e. The molecule has 0 saturated carbocycles. The highest BCUT2D eigenvalue weighted by Crippen LogP contribution is 2.17. The molecule has 0 spiro atoms. The SMILES string of the molecule is C#CCn1c(CCCC)nc(Cl)c1C=O. The first kappa shape index (κ1) is 11.8. The summed E-state index contributed by atoms with van der Waals surface area (Å²) >= 11 is 5.83. The number of carbonyl (C=O) groups excluding carboxylic acids is 1. The molecule has 0 aliphatic carbocycles. The van der Waals surface area contributed by atoms with Crippen LogP contribution in [0.1, 0.15) is 36.1 Å². The lowest BCUT2D eigenvalue weighted by atomic mass is 10.2. The summed E-state index contributed by atoms with van der Waals surface area (Å²) in [4.78, 5) is 14.9. The zero-order valence-corrected chi connectivity index (χ0v) is 9.42. The number of aryl methyl sites for hydroxylation is 1. The number of nitrogens with zero attached hydrogens (tertiary/aromatic N) is 2. The molecule has 0 atom stereocenters. The lowest BCUT2D eigenvalue weighted by Crippen LogP contribution is -2.06. The molecule has 0 radical (unpaired) electrons. The van der Waals surface area contributed by atoms with Gasteiger partial charge in [0.05, 0.1) is 6.54 Å². The summed E-state index contributed by atoms with van der Waals surface area (Å²) in [6.07, 6.45) is 8.80. The molecule has 1 rings (SSSR count). The highest BCUT2D eigenvalue weighted by molar-refractivity contribution is 6.31. The molecule has 3 nitrogen and oxygen atoms in total. The second-order valence-corrected chi connectivity index (χ2v) is 3.57. The summed E-state index contributed by atoms with van der Waals surface area (Å²) in [5.74, 6) is 3.29. The second-order valence-electron chi connectivity index (χ2n) is 3.22. The monoisotopic (exact) mass is 224 g/mol. The Morgan fingerprint density at radius 1 is 1.67 bits per heavy atom. The molecular formula is C11H13ClN2O. The number of unbranched alkanes of at least 4 members (excludes halogenated alkanes) is 1. The minimum Gasteiger partial charge on any atom is -0.313 e. The molecule has 15 heavy (non-hydrogen) atoms. The van der Waals surface area contributed by atoms with Gasteiger partial charge in [0.1, 0.15) is 11.5 Å². The van der Waals surface area contributed by atoms with E-state index in [-0.39, 0.29) is 5.15 Å². The first-order chi connectivity index (χ1) is 7.24. The number of carbonyl (C=O) groups is 1. The van der Waals surface area contributed by atoms with E-state index in [1.165, 1.54) is 0 Å². The van der Waals surface area contributed by atoms with Crippen LogP contribution in [0.2, 0.25) is 5.15 Å². The van der Waals surface area contributed by atoms with Gasteiger partial charge in [0, 0.05) is 6.42 Å². The molecule has 0 aliphatic rings. The van der Waals surface area contributed by atoms with E-state index in [9.17, 15) is 4.79 Å². The fourth-order valence-electron chi connectivity index (χ4n) is 1.39. The van der Waals surface area contributed by atoms with E-state index in [2.05, 4.69) is 17.8 Å². The topological polar surface area (TPSA) is 34.9 Å². The molecule has 0 aliphatic heterocycles. The molecule has 1 aromatic rings. The first-order valence-electron chi connectivity index (χ1n) is 4.88. The molecule has 4 heteroatoms. The lowest BCUT2D eigenvalue weighted by Gasteiger charge is -2.04. The normalized spacial score (nSPS) is 9.93.